The van der Waals surface area contributed by atoms with Crippen LogP contribution in [0, 0.1) is 5.92 Å². The first-order chi connectivity index (χ1) is 9.86. The maximum atomic E-state index is 3.77. The van der Waals surface area contributed by atoms with E-state index < -0.39 is 0 Å². The summed E-state index contributed by atoms with van der Waals surface area (Å²) in [5.41, 5.74) is 1.64. The van der Waals surface area contributed by atoms with E-state index >= 15 is 0 Å². The predicted molar refractivity (Wildman–Crippen MR) is 94.6 cm³/mol. The lowest BCUT2D eigenvalue weighted by atomic mass is 9.88. The van der Waals surface area contributed by atoms with E-state index in [1.807, 2.05) is 0 Å². The van der Waals surface area contributed by atoms with Crippen LogP contribution < -0.4 is 5.32 Å². The molecule has 2 rings (SSSR count). The molecule has 0 aliphatic carbocycles. The zero-order valence-corrected chi connectivity index (χ0v) is 15.6. The second-order valence-corrected chi connectivity index (χ2v) is 7.92. The number of hydrogen-bond donors (Lipinski definition) is 1. The van der Waals surface area contributed by atoms with Gasteiger partial charge in [-0.1, -0.05) is 48.8 Å². The molecule has 0 saturated carbocycles. The Kier molecular flexibility index (Phi) is 5.50. The normalized spacial score (nSPS) is 28.8. The van der Waals surface area contributed by atoms with Crippen molar-refractivity contribution in [2.45, 2.75) is 58.7 Å². The van der Waals surface area contributed by atoms with E-state index in [1.54, 1.807) is 0 Å². The Morgan fingerprint density at radius 1 is 1.29 bits per heavy atom. The lowest BCUT2D eigenvalue weighted by Gasteiger charge is -2.50. The van der Waals surface area contributed by atoms with Gasteiger partial charge >= 0.3 is 0 Å². The van der Waals surface area contributed by atoms with Crippen LogP contribution in [-0.2, 0) is 0 Å². The summed E-state index contributed by atoms with van der Waals surface area (Å²) in [7, 11) is 0. The van der Waals surface area contributed by atoms with E-state index in [0.29, 0.717) is 18.0 Å². The third-order valence-electron chi connectivity index (χ3n) is 5.10. The van der Waals surface area contributed by atoms with Crippen LogP contribution in [0.3, 0.4) is 0 Å². The van der Waals surface area contributed by atoms with Crippen LogP contribution >= 0.6 is 15.9 Å². The molecule has 1 fully saturated rings. The number of rotatable bonds is 4. The topological polar surface area (TPSA) is 15.3 Å². The van der Waals surface area contributed by atoms with E-state index in [4.69, 9.17) is 0 Å². The molecule has 3 heteroatoms. The fraction of sp³-hybridized carbons (Fsp3) is 0.667. The minimum absolute atomic E-state index is 0.231. The lowest BCUT2D eigenvalue weighted by Crippen LogP contribution is -2.64. The van der Waals surface area contributed by atoms with Crippen molar-refractivity contribution in [1.82, 2.24) is 10.2 Å². The lowest BCUT2D eigenvalue weighted by molar-refractivity contribution is 0.0295. The second kappa shape index (κ2) is 6.80. The summed E-state index contributed by atoms with van der Waals surface area (Å²) < 4.78 is 1.15. The molecule has 21 heavy (non-hydrogen) atoms. The van der Waals surface area contributed by atoms with Crippen LogP contribution in [0.5, 0.6) is 0 Å². The highest BCUT2D eigenvalue weighted by atomic mass is 79.9. The first-order valence-corrected chi connectivity index (χ1v) is 8.92. The maximum absolute atomic E-state index is 3.77. The zero-order chi connectivity index (χ0) is 15.6. The smallest absolute Gasteiger partial charge is 0.0324 e. The first-order valence-electron chi connectivity index (χ1n) is 8.12. The van der Waals surface area contributed by atoms with Crippen LogP contribution in [0.15, 0.2) is 28.7 Å². The molecule has 0 bridgehead atoms. The highest BCUT2D eigenvalue weighted by molar-refractivity contribution is 9.10. The van der Waals surface area contributed by atoms with Crippen LogP contribution in [0.1, 0.15) is 52.6 Å². The summed E-state index contributed by atoms with van der Waals surface area (Å²) in [6.45, 7) is 13.9. The molecule has 1 heterocycles. The Labute approximate surface area is 138 Å². The van der Waals surface area contributed by atoms with Gasteiger partial charge in [0.25, 0.3) is 0 Å². The average Bonchev–Trinajstić information content (AvgIpc) is 2.47. The van der Waals surface area contributed by atoms with Crippen molar-refractivity contribution in [3.63, 3.8) is 0 Å². The predicted octanol–water partition coefficient (Wildman–Crippen LogP) is 4.61. The molecule has 1 aliphatic rings. The van der Waals surface area contributed by atoms with Gasteiger partial charge in [0, 0.05) is 35.2 Å². The van der Waals surface area contributed by atoms with Crippen molar-refractivity contribution in [3.05, 3.63) is 34.3 Å². The van der Waals surface area contributed by atoms with Gasteiger partial charge in [0.1, 0.15) is 0 Å². The maximum Gasteiger partial charge on any atom is 0.0324 e. The van der Waals surface area contributed by atoms with Gasteiger partial charge in [0.05, 0.1) is 0 Å². The van der Waals surface area contributed by atoms with Crippen LogP contribution in [0.25, 0.3) is 0 Å². The highest BCUT2D eigenvalue weighted by Gasteiger charge is 2.38. The molecule has 1 aromatic carbocycles. The Balaban J connectivity index is 2.24. The van der Waals surface area contributed by atoms with Crippen LogP contribution in [0.4, 0.5) is 0 Å². The molecule has 0 radical (unpaired) electrons. The molecular weight excluding hydrogens is 324 g/mol. The van der Waals surface area contributed by atoms with Crippen molar-refractivity contribution < 1.29 is 0 Å². The van der Waals surface area contributed by atoms with Gasteiger partial charge in [-0.3, -0.25) is 4.90 Å². The Hall–Kier alpha value is -0.380. The third-order valence-corrected chi connectivity index (χ3v) is 5.62. The van der Waals surface area contributed by atoms with Crippen molar-refractivity contribution in [2.24, 2.45) is 5.92 Å². The minimum atomic E-state index is 0.231. The second-order valence-electron chi connectivity index (χ2n) is 7.01. The van der Waals surface area contributed by atoms with Crippen LogP contribution in [0.2, 0.25) is 0 Å². The Morgan fingerprint density at radius 2 is 1.90 bits per heavy atom. The number of nitrogens with zero attached hydrogens (tertiary/aromatic N) is 1. The SMILES string of the molecule is CCC1(C)CN(C(C)c2ccc(Br)cc2)C(C(C)C)CN1. The largest absolute Gasteiger partial charge is 0.309 e. The van der Waals surface area contributed by atoms with Crippen LogP contribution in [-0.4, -0.2) is 29.6 Å². The Morgan fingerprint density at radius 3 is 2.43 bits per heavy atom. The Bertz CT molecular complexity index is 457. The molecule has 2 nitrogen and oxygen atoms in total. The van der Waals surface area contributed by atoms with Gasteiger partial charge in [-0.2, -0.15) is 0 Å². The molecule has 3 atom stereocenters. The molecule has 1 aliphatic heterocycles. The van der Waals surface area contributed by atoms with E-state index in [1.165, 1.54) is 12.0 Å². The van der Waals surface area contributed by atoms with Gasteiger partial charge in [-0.15, -0.1) is 0 Å². The van der Waals surface area contributed by atoms with Gasteiger partial charge < -0.3 is 5.32 Å². The molecule has 0 spiro atoms. The summed E-state index contributed by atoms with van der Waals surface area (Å²) in [6, 6.07) is 9.85. The number of piperazine rings is 1. The molecule has 118 valence electrons. The number of halogens is 1. The molecule has 1 N–H and O–H groups in total. The summed E-state index contributed by atoms with van der Waals surface area (Å²) in [5.74, 6) is 0.664. The van der Waals surface area contributed by atoms with E-state index in [-0.39, 0.29) is 5.54 Å². The number of nitrogens with one attached hydrogen (secondary N) is 1. The zero-order valence-electron chi connectivity index (χ0n) is 14.0. The van der Waals surface area contributed by atoms with Crippen molar-refractivity contribution in [1.29, 1.82) is 0 Å². The molecule has 1 saturated heterocycles. The molecular formula is C18H29BrN2. The van der Waals surface area contributed by atoms with Crippen molar-refractivity contribution in [2.75, 3.05) is 13.1 Å². The molecule has 0 aromatic heterocycles. The van der Waals surface area contributed by atoms with Crippen molar-refractivity contribution >= 4 is 15.9 Å². The number of hydrogen-bond acceptors (Lipinski definition) is 2. The summed E-state index contributed by atoms with van der Waals surface area (Å²) in [5, 5.41) is 3.77. The fourth-order valence-electron chi connectivity index (χ4n) is 3.26. The first kappa shape index (κ1) is 17.0. The van der Waals surface area contributed by atoms with Gasteiger partial charge in [-0.05, 0) is 43.9 Å². The van der Waals surface area contributed by atoms with E-state index in [0.717, 1.165) is 17.6 Å². The molecule has 0 amide bonds. The fourth-order valence-corrected chi connectivity index (χ4v) is 3.52. The summed E-state index contributed by atoms with van der Waals surface area (Å²) in [6.07, 6.45) is 1.17. The van der Waals surface area contributed by atoms with E-state index in [9.17, 15) is 0 Å². The van der Waals surface area contributed by atoms with Gasteiger partial charge in [-0.25, -0.2) is 0 Å². The highest BCUT2D eigenvalue weighted by Crippen LogP contribution is 2.31. The minimum Gasteiger partial charge on any atom is -0.309 e. The summed E-state index contributed by atoms with van der Waals surface area (Å²) >= 11 is 3.53. The quantitative estimate of drug-likeness (QED) is 0.850. The average molecular weight is 353 g/mol. The molecule has 1 aromatic rings. The molecule has 3 unspecified atom stereocenters. The monoisotopic (exact) mass is 352 g/mol. The third kappa shape index (κ3) is 3.88. The van der Waals surface area contributed by atoms with Gasteiger partial charge in [0.2, 0.25) is 0 Å². The van der Waals surface area contributed by atoms with Gasteiger partial charge in [0.15, 0.2) is 0 Å². The van der Waals surface area contributed by atoms with E-state index in [2.05, 4.69) is 85.0 Å². The standard InChI is InChI=1S/C18H29BrN2/c1-6-18(5)12-21(17(11-20-18)13(2)3)14(4)15-7-9-16(19)10-8-15/h7-10,13-14,17,20H,6,11-12H2,1-5H3. The van der Waals surface area contributed by atoms with Crippen molar-refractivity contribution in [3.8, 4) is 0 Å². The number of benzene rings is 1. The summed E-state index contributed by atoms with van der Waals surface area (Å²) in [4.78, 5) is 2.70.